The highest BCUT2D eigenvalue weighted by Gasteiger charge is 2.19. The monoisotopic (exact) mass is 320 g/mol. The maximum atomic E-state index is 12.8. The molecule has 0 saturated carbocycles. The zero-order valence-electron chi connectivity index (χ0n) is 10.6. The van der Waals surface area contributed by atoms with Gasteiger partial charge in [0.1, 0.15) is 4.34 Å². The van der Waals surface area contributed by atoms with E-state index in [1.54, 1.807) is 6.07 Å². The molecule has 4 heteroatoms. The molecule has 100 valence electrons. The lowest BCUT2D eigenvalue weighted by molar-refractivity contribution is 0.104. The fourth-order valence-corrected chi connectivity index (χ4v) is 3.77. The molecule has 0 aliphatic carbocycles. The van der Waals surface area contributed by atoms with Crippen molar-refractivity contribution in [1.82, 2.24) is 0 Å². The minimum absolute atomic E-state index is 0.0764. The lowest BCUT2D eigenvalue weighted by Gasteiger charge is -2.09. The first-order valence-corrected chi connectivity index (χ1v) is 7.63. The standard InChI is InChI=1S/C16H10Cl2OS/c1-9-6-7-10-4-2-3-5-11(10)14(9)15(19)12-8-13(17)20-16(12)18/h2-8H,1H3. The Bertz CT molecular complexity index is 820. The van der Waals surface area contributed by atoms with Crippen molar-refractivity contribution in [3.05, 3.63) is 67.8 Å². The first-order valence-electron chi connectivity index (χ1n) is 6.06. The van der Waals surface area contributed by atoms with Gasteiger partial charge in [0.05, 0.1) is 9.90 Å². The second kappa shape index (κ2) is 5.21. The third kappa shape index (κ3) is 2.24. The highest BCUT2D eigenvalue weighted by molar-refractivity contribution is 7.20. The van der Waals surface area contributed by atoms with Crippen LogP contribution in [0.3, 0.4) is 0 Å². The minimum Gasteiger partial charge on any atom is -0.288 e. The highest BCUT2D eigenvalue weighted by atomic mass is 35.5. The van der Waals surface area contributed by atoms with Gasteiger partial charge in [-0.3, -0.25) is 4.79 Å². The van der Waals surface area contributed by atoms with E-state index in [4.69, 9.17) is 23.2 Å². The maximum absolute atomic E-state index is 12.8. The Kier molecular flexibility index (Phi) is 3.55. The van der Waals surface area contributed by atoms with E-state index in [-0.39, 0.29) is 5.78 Å². The van der Waals surface area contributed by atoms with E-state index in [9.17, 15) is 4.79 Å². The molecule has 0 bridgehead atoms. The lowest BCUT2D eigenvalue weighted by atomic mass is 9.94. The molecule has 0 saturated heterocycles. The Hall–Kier alpha value is -1.35. The van der Waals surface area contributed by atoms with Crippen LogP contribution in [0.25, 0.3) is 10.8 Å². The summed E-state index contributed by atoms with van der Waals surface area (Å²) in [6.07, 6.45) is 0. The summed E-state index contributed by atoms with van der Waals surface area (Å²) in [7, 11) is 0. The minimum atomic E-state index is -0.0764. The van der Waals surface area contributed by atoms with Crippen molar-refractivity contribution < 1.29 is 4.79 Å². The lowest BCUT2D eigenvalue weighted by Crippen LogP contribution is -2.04. The first-order chi connectivity index (χ1) is 9.58. The Morgan fingerprint density at radius 1 is 1.10 bits per heavy atom. The molecule has 0 atom stereocenters. The van der Waals surface area contributed by atoms with Crippen molar-refractivity contribution in [3.8, 4) is 0 Å². The van der Waals surface area contributed by atoms with E-state index in [0.29, 0.717) is 19.8 Å². The normalized spacial score (nSPS) is 10.9. The van der Waals surface area contributed by atoms with E-state index < -0.39 is 0 Å². The zero-order chi connectivity index (χ0) is 14.3. The van der Waals surface area contributed by atoms with Crippen LogP contribution < -0.4 is 0 Å². The van der Waals surface area contributed by atoms with Crippen molar-refractivity contribution in [2.45, 2.75) is 6.92 Å². The molecule has 3 rings (SSSR count). The maximum Gasteiger partial charge on any atom is 0.196 e. The highest BCUT2D eigenvalue weighted by Crippen LogP contribution is 2.34. The molecule has 1 nitrogen and oxygen atoms in total. The molecule has 0 unspecified atom stereocenters. The van der Waals surface area contributed by atoms with E-state index in [1.807, 2.05) is 43.3 Å². The summed E-state index contributed by atoms with van der Waals surface area (Å²) < 4.78 is 0.962. The fourth-order valence-electron chi connectivity index (χ4n) is 2.31. The summed E-state index contributed by atoms with van der Waals surface area (Å²) in [6.45, 7) is 1.93. The quantitative estimate of drug-likeness (QED) is 0.549. The van der Waals surface area contributed by atoms with Crippen LogP contribution in [-0.2, 0) is 0 Å². The summed E-state index contributed by atoms with van der Waals surface area (Å²) in [5.74, 6) is -0.0764. The van der Waals surface area contributed by atoms with Crippen LogP contribution in [0.2, 0.25) is 8.67 Å². The number of hydrogen-bond acceptors (Lipinski definition) is 2. The van der Waals surface area contributed by atoms with Crippen LogP contribution in [0.15, 0.2) is 42.5 Å². The number of hydrogen-bond donors (Lipinski definition) is 0. The van der Waals surface area contributed by atoms with Crippen LogP contribution in [0, 0.1) is 6.92 Å². The number of halogens is 2. The molecule has 0 aliphatic rings. The van der Waals surface area contributed by atoms with Crippen molar-refractivity contribution in [2.24, 2.45) is 0 Å². The Morgan fingerprint density at radius 2 is 1.85 bits per heavy atom. The van der Waals surface area contributed by atoms with Gasteiger partial charge in [0, 0.05) is 5.56 Å². The smallest absolute Gasteiger partial charge is 0.196 e. The molecule has 20 heavy (non-hydrogen) atoms. The third-order valence-electron chi connectivity index (χ3n) is 3.27. The van der Waals surface area contributed by atoms with Crippen molar-refractivity contribution >= 4 is 51.1 Å². The molecule has 1 heterocycles. The zero-order valence-corrected chi connectivity index (χ0v) is 12.9. The van der Waals surface area contributed by atoms with Gasteiger partial charge in [-0.1, -0.05) is 59.6 Å². The number of rotatable bonds is 2. The summed E-state index contributed by atoms with van der Waals surface area (Å²) in [5, 5.41) is 1.98. The summed E-state index contributed by atoms with van der Waals surface area (Å²) in [4.78, 5) is 12.8. The van der Waals surface area contributed by atoms with Gasteiger partial charge in [0.2, 0.25) is 0 Å². The largest absolute Gasteiger partial charge is 0.288 e. The van der Waals surface area contributed by atoms with Gasteiger partial charge in [0.25, 0.3) is 0 Å². The first kappa shape index (κ1) is 13.6. The second-order valence-electron chi connectivity index (χ2n) is 4.55. The van der Waals surface area contributed by atoms with E-state index in [1.165, 1.54) is 11.3 Å². The molecule has 0 radical (unpaired) electrons. The SMILES string of the molecule is Cc1ccc2ccccc2c1C(=O)c1cc(Cl)sc1Cl. The number of fused-ring (bicyclic) bond motifs is 1. The molecular weight excluding hydrogens is 311 g/mol. The van der Waals surface area contributed by atoms with Crippen molar-refractivity contribution in [1.29, 1.82) is 0 Å². The predicted octanol–water partition coefficient (Wildman–Crippen LogP) is 5.75. The topological polar surface area (TPSA) is 17.1 Å². The Balaban J connectivity index is 2.26. The van der Waals surface area contributed by atoms with Gasteiger partial charge < -0.3 is 0 Å². The van der Waals surface area contributed by atoms with Crippen LogP contribution in [0.4, 0.5) is 0 Å². The molecule has 3 aromatic rings. The average molecular weight is 321 g/mol. The van der Waals surface area contributed by atoms with Gasteiger partial charge in [0.15, 0.2) is 5.78 Å². The van der Waals surface area contributed by atoms with Crippen molar-refractivity contribution in [2.75, 3.05) is 0 Å². The molecule has 0 spiro atoms. The molecule has 0 aliphatic heterocycles. The van der Waals surface area contributed by atoms with Crippen LogP contribution in [0.5, 0.6) is 0 Å². The van der Waals surface area contributed by atoms with E-state index in [2.05, 4.69) is 0 Å². The number of ketones is 1. The molecule has 2 aromatic carbocycles. The van der Waals surface area contributed by atoms with Gasteiger partial charge in [-0.05, 0) is 29.3 Å². The number of thiophene rings is 1. The third-order valence-corrected chi connectivity index (χ3v) is 4.75. The summed E-state index contributed by atoms with van der Waals surface area (Å²) in [6, 6.07) is 13.4. The molecule has 1 aromatic heterocycles. The second-order valence-corrected chi connectivity index (χ2v) is 6.83. The van der Waals surface area contributed by atoms with Gasteiger partial charge in [-0.2, -0.15) is 0 Å². The van der Waals surface area contributed by atoms with Crippen LogP contribution >= 0.6 is 34.5 Å². The van der Waals surface area contributed by atoms with E-state index >= 15 is 0 Å². The van der Waals surface area contributed by atoms with Gasteiger partial charge in [-0.15, -0.1) is 11.3 Å². The molecule has 0 N–H and O–H groups in total. The van der Waals surface area contributed by atoms with E-state index in [0.717, 1.165) is 16.3 Å². The average Bonchev–Trinajstić information content (AvgIpc) is 2.77. The molecular formula is C16H10Cl2OS. The number of carbonyl (C=O) groups excluding carboxylic acids is 1. The van der Waals surface area contributed by atoms with Crippen LogP contribution in [-0.4, -0.2) is 5.78 Å². The van der Waals surface area contributed by atoms with Crippen molar-refractivity contribution in [3.63, 3.8) is 0 Å². The summed E-state index contributed by atoms with van der Waals surface area (Å²) in [5.41, 5.74) is 2.10. The number of carbonyl (C=O) groups is 1. The van der Waals surface area contributed by atoms with Gasteiger partial charge in [-0.25, -0.2) is 0 Å². The number of benzene rings is 2. The fraction of sp³-hybridized carbons (Fsp3) is 0.0625. The molecule has 0 fully saturated rings. The number of aryl methyl sites for hydroxylation is 1. The molecule has 0 amide bonds. The Labute approximate surface area is 130 Å². The summed E-state index contributed by atoms with van der Waals surface area (Å²) >= 11 is 13.3. The van der Waals surface area contributed by atoms with Gasteiger partial charge >= 0.3 is 0 Å². The Morgan fingerprint density at radius 3 is 2.55 bits per heavy atom. The predicted molar refractivity (Wildman–Crippen MR) is 86.5 cm³/mol. The van der Waals surface area contributed by atoms with Crippen LogP contribution in [0.1, 0.15) is 21.5 Å².